The average Bonchev–Trinajstić information content (AvgIpc) is 3.03. The fourth-order valence-corrected chi connectivity index (χ4v) is 2.77. The van der Waals surface area contributed by atoms with E-state index in [1.807, 2.05) is 43.6 Å². The van der Waals surface area contributed by atoms with Gasteiger partial charge in [0.15, 0.2) is 11.0 Å². The van der Waals surface area contributed by atoms with Crippen LogP contribution in [0, 0.1) is 0 Å². The molecular weight excluding hydrogens is 330 g/mol. The Bertz CT molecular complexity index is 1030. The fourth-order valence-electron chi connectivity index (χ4n) is 2.77. The second-order valence-electron chi connectivity index (χ2n) is 5.79. The van der Waals surface area contributed by atoms with Gasteiger partial charge in [-0.05, 0) is 24.3 Å². The van der Waals surface area contributed by atoms with Crippen molar-refractivity contribution in [1.29, 1.82) is 0 Å². The summed E-state index contributed by atoms with van der Waals surface area (Å²) in [4.78, 5) is 16.0. The number of rotatable bonds is 5. The first kappa shape index (κ1) is 16.0. The van der Waals surface area contributed by atoms with Crippen LogP contribution in [0.1, 0.15) is 5.69 Å². The van der Waals surface area contributed by atoms with Crippen LogP contribution in [-0.2, 0) is 13.7 Å². The Morgan fingerprint density at radius 2 is 2.04 bits per heavy atom. The minimum Gasteiger partial charge on any atom is -0.487 e. The van der Waals surface area contributed by atoms with E-state index in [1.54, 1.807) is 25.7 Å². The number of pyridine rings is 1. The van der Waals surface area contributed by atoms with Crippen LogP contribution in [0.3, 0.4) is 0 Å². The highest BCUT2D eigenvalue weighted by molar-refractivity contribution is 5.76. The molecule has 0 radical (unpaired) electrons. The van der Waals surface area contributed by atoms with E-state index >= 15 is 0 Å². The molecule has 26 heavy (non-hydrogen) atoms. The maximum absolute atomic E-state index is 5.86. The van der Waals surface area contributed by atoms with E-state index in [9.17, 15) is 0 Å². The Labute approximate surface area is 150 Å². The van der Waals surface area contributed by atoms with Gasteiger partial charge in [-0.2, -0.15) is 0 Å². The molecule has 0 aliphatic rings. The largest absolute Gasteiger partial charge is 0.487 e. The number of nitrogens with one attached hydrogen (secondary N) is 1. The molecular formula is C19H18N5O2+. The van der Waals surface area contributed by atoms with Crippen LogP contribution in [-0.4, -0.2) is 27.0 Å². The van der Waals surface area contributed by atoms with Crippen LogP contribution in [0.4, 0.5) is 0 Å². The number of H-pyrrole nitrogens is 1. The molecule has 0 aliphatic heterocycles. The fraction of sp³-hybridized carbons (Fsp3) is 0.158. The van der Waals surface area contributed by atoms with Crippen LogP contribution >= 0.6 is 0 Å². The van der Waals surface area contributed by atoms with Gasteiger partial charge in [-0.25, -0.2) is 14.5 Å². The van der Waals surface area contributed by atoms with Gasteiger partial charge in [-0.1, -0.05) is 0 Å². The smallest absolute Gasteiger partial charge is 0.288 e. The molecule has 0 atom stereocenters. The van der Waals surface area contributed by atoms with E-state index in [-0.39, 0.29) is 0 Å². The third-order valence-corrected chi connectivity index (χ3v) is 4.13. The highest BCUT2D eigenvalue weighted by Gasteiger charge is 2.18. The molecule has 3 heterocycles. The van der Waals surface area contributed by atoms with E-state index in [0.29, 0.717) is 12.5 Å². The van der Waals surface area contributed by atoms with Crippen LogP contribution in [0.15, 0.2) is 55.1 Å². The first-order chi connectivity index (χ1) is 12.7. The number of nitrogens with zero attached hydrogens (tertiary/aromatic N) is 4. The van der Waals surface area contributed by atoms with Crippen molar-refractivity contribution in [2.24, 2.45) is 7.05 Å². The van der Waals surface area contributed by atoms with Crippen LogP contribution in [0.25, 0.3) is 22.4 Å². The lowest BCUT2D eigenvalue weighted by Crippen LogP contribution is -2.29. The van der Waals surface area contributed by atoms with Crippen molar-refractivity contribution in [1.82, 2.24) is 19.9 Å². The lowest BCUT2D eigenvalue weighted by molar-refractivity contribution is -0.633. The Morgan fingerprint density at radius 3 is 2.77 bits per heavy atom. The molecule has 130 valence electrons. The molecule has 7 nitrogen and oxygen atoms in total. The van der Waals surface area contributed by atoms with Crippen molar-refractivity contribution in [2.45, 2.75) is 6.61 Å². The van der Waals surface area contributed by atoms with Crippen LogP contribution < -0.4 is 14.0 Å². The Balaban J connectivity index is 1.58. The number of methoxy groups -OCH3 is 1. The van der Waals surface area contributed by atoms with Crippen LogP contribution in [0.5, 0.6) is 11.6 Å². The normalized spacial score (nSPS) is 10.8. The van der Waals surface area contributed by atoms with Crippen molar-refractivity contribution >= 4 is 11.0 Å². The quantitative estimate of drug-likeness (QED) is 0.561. The number of ether oxygens (including phenoxy) is 2. The summed E-state index contributed by atoms with van der Waals surface area (Å²) in [5.41, 5.74) is 3.84. The third kappa shape index (κ3) is 3.06. The van der Waals surface area contributed by atoms with Gasteiger partial charge < -0.3 is 9.47 Å². The molecule has 3 aromatic heterocycles. The van der Waals surface area contributed by atoms with Gasteiger partial charge in [-0.15, -0.1) is 0 Å². The first-order valence-corrected chi connectivity index (χ1v) is 8.14. The molecule has 0 aliphatic carbocycles. The van der Waals surface area contributed by atoms with E-state index < -0.39 is 0 Å². The number of benzene rings is 1. The molecule has 0 fully saturated rings. The summed E-state index contributed by atoms with van der Waals surface area (Å²) in [6.07, 6.45) is 6.83. The molecule has 0 spiro atoms. The summed E-state index contributed by atoms with van der Waals surface area (Å²) < 4.78 is 13.0. The second kappa shape index (κ2) is 6.79. The molecule has 0 unspecified atom stereocenters. The van der Waals surface area contributed by atoms with E-state index in [1.165, 1.54) is 0 Å². The number of hydrogen-bond donors (Lipinski definition) is 1. The van der Waals surface area contributed by atoms with Crippen LogP contribution in [0.2, 0.25) is 0 Å². The standard InChI is InChI=1S/C19H17N5O2/c1-24-17-8-15(26-12-14-10-22-18(25-2)11-21-14)5-6-16(17)23-19(24)13-4-3-7-20-9-13/h3-11H,12H2,1-2H3/p+1. The number of aromatic nitrogens is 5. The zero-order valence-electron chi connectivity index (χ0n) is 14.5. The lowest BCUT2D eigenvalue weighted by atomic mass is 10.3. The average molecular weight is 348 g/mol. The lowest BCUT2D eigenvalue weighted by Gasteiger charge is -2.05. The predicted molar refractivity (Wildman–Crippen MR) is 95.6 cm³/mol. The number of hydrogen-bond acceptors (Lipinski definition) is 5. The minimum atomic E-state index is 0.339. The van der Waals surface area contributed by atoms with Crippen molar-refractivity contribution in [3.63, 3.8) is 0 Å². The maximum atomic E-state index is 5.86. The van der Waals surface area contributed by atoms with Gasteiger partial charge in [0.05, 0.1) is 37.8 Å². The zero-order valence-corrected chi connectivity index (χ0v) is 14.5. The summed E-state index contributed by atoms with van der Waals surface area (Å²) >= 11 is 0. The molecule has 1 aromatic carbocycles. The van der Waals surface area contributed by atoms with Crippen molar-refractivity contribution in [3.05, 3.63) is 60.8 Å². The zero-order chi connectivity index (χ0) is 17.9. The highest BCUT2D eigenvalue weighted by atomic mass is 16.5. The summed E-state index contributed by atoms with van der Waals surface area (Å²) in [5.74, 6) is 2.24. The number of aryl methyl sites for hydroxylation is 1. The van der Waals surface area contributed by atoms with E-state index in [2.05, 4.69) is 24.5 Å². The summed E-state index contributed by atoms with van der Waals surface area (Å²) in [6, 6.07) is 9.89. The molecule has 4 rings (SSSR count). The van der Waals surface area contributed by atoms with E-state index in [4.69, 9.17) is 9.47 Å². The Kier molecular flexibility index (Phi) is 4.18. The number of imidazole rings is 1. The van der Waals surface area contributed by atoms with Gasteiger partial charge in [0, 0.05) is 18.5 Å². The Morgan fingerprint density at radius 1 is 1.12 bits per heavy atom. The van der Waals surface area contributed by atoms with Gasteiger partial charge in [0.1, 0.15) is 12.4 Å². The first-order valence-electron chi connectivity index (χ1n) is 8.14. The SMILES string of the molecule is COc1cnc(COc2ccc3[nH]c(-c4cccnc4)[n+](C)c3c2)cn1. The van der Waals surface area contributed by atoms with Gasteiger partial charge in [0.25, 0.3) is 5.82 Å². The molecule has 0 bridgehead atoms. The van der Waals surface area contributed by atoms with Gasteiger partial charge >= 0.3 is 0 Å². The molecule has 1 N–H and O–H groups in total. The van der Waals surface area contributed by atoms with Crippen molar-refractivity contribution in [2.75, 3.05) is 7.11 Å². The third-order valence-electron chi connectivity index (χ3n) is 4.13. The van der Waals surface area contributed by atoms with Gasteiger partial charge in [-0.3, -0.25) is 9.97 Å². The topological polar surface area (TPSA) is 76.8 Å². The molecule has 7 heteroatoms. The number of aromatic amines is 1. The van der Waals surface area contributed by atoms with Crippen molar-refractivity contribution in [3.8, 4) is 23.0 Å². The minimum absolute atomic E-state index is 0.339. The molecule has 0 amide bonds. The summed E-state index contributed by atoms with van der Waals surface area (Å²) in [7, 11) is 3.58. The second-order valence-corrected chi connectivity index (χ2v) is 5.79. The predicted octanol–water partition coefficient (Wildman–Crippen LogP) is 2.43. The highest BCUT2D eigenvalue weighted by Crippen LogP contribution is 2.22. The summed E-state index contributed by atoms with van der Waals surface area (Å²) in [5, 5.41) is 0. The monoisotopic (exact) mass is 348 g/mol. The maximum Gasteiger partial charge on any atom is 0.288 e. The number of fused-ring (bicyclic) bond motifs is 1. The molecule has 4 aromatic rings. The molecule has 0 saturated carbocycles. The van der Waals surface area contributed by atoms with Crippen molar-refractivity contribution < 1.29 is 14.0 Å². The van der Waals surface area contributed by atoms with Gasteiger partial charge in [0.2, 0.25) is 5.88 Å². The molecule has 0 saturated heterocycles. The Hall–Kier alpha value is -3.48. The summed E-state index contributed by atoms with van der Waals surface area (Å²) in [6.45, 7) is 0.339. The van der Waals surface area contributed by atoms with E-state index in [0.717, 1.165) is 33.9 Å².